The molecule has 2 fully saturated rings. The van der Waals surface area contributed by atoms with Crippen molar-refractivity contribution in [1.82, 2.24) is 4.90 Å². The molecule has 4 atom stereocenters. The maximum absolute atomic E-state index is 14.3. The molecule has 2 saturated carbocycles. The highest BCUT2D eigenvalue weighted by molar-refractivity contribution is 5.34. The summed E-state index contributed by atoms with van der Waals surface area (Å²) in [7, 11) is 3.97. The molecule has 4 heteroatoms. The predicted octanol–water partition coefficient (Wildman–Crippen LogP) is 2.72. The first-order valence-corrected chi connectivity index (χ1v) is 7.76. The summed E-state index contributed by atoms with van der Waals surface area (Å²) in [4.78, 5) is 2.06. The Morgan fingerprint density at radius 3 is 2.81 bits per heavy atom. The van der Waals surface area contributed by atoms with Crippen LogP contribution in [0.5, 0.6) is 5.75 Å². The molecule has 2 aliphatic carbocycles. The number of aliphatic hydroxyl groups is 1. The minimum Gasteiger partial charge on any atom is -0.508 e. The van der Waals surface area contributed by atoms with Crippen molar-refractivity contribution in [2.45, 2.75) is 31.3 Å². The summed E-state index contributed by atoms with van der Waals surface area (Å²) < 4.78 is 14.3. The van der Waals surface area contributed by atoms with E-state index in [2.05, 4.69) is 4.90 Å². The number of nitrogens with zero attached hydrogens (tertiary/aromatic N) is 1. The zero-order valence-corrected chi connectivity index (χ0v) is 12.7. The Kier molecular flexibility index (Phi) is 3.70. The second-order valence-corrected chi connectivity index (χ2v) is 7.10. The Labute approximate surface area is 125 Å². The van der Waals surface area contributed by atoms with Crippen molar-refractivity contribution in [2.75, 3.05) is 20.6 Å². The van der Waals surface area contributed by atoms with Gasteiger partial charge < -0.3 is 15.1 Å². The zero-order valence-electron chi connectivity index (χ0n) is 12.7. The Morgan fingerprint density at radius 2 is 2.10 bits per heavy atom. The average Bonchev–Trinajstić information content (AvgIpc) is 2.81. The molecular formula is C17H24FNO2. The van der Waals surface area contributed by atoms with E-state index >= 15 is 0 Å². The van der Waals surface area contributed by atoms with E-state index in [0.717, 1.165) is 25.8 Å². The quantitative estimate of drug-likeness (QED) is 0.900. The fourth-order valence-electron chi connectivity index (χ4n) is 4.49. The van der Waals surface area contributed by atoms with E-state index in [1.807, 2.05) is 14.1 Å². The SMILES string of the molecule is CN(C)C[C@H]1[C@@H]2CC[C@H](C2)C[C@]1(O)c1cc(O)ccc1F. The van der Waals surface area contributed by atoms with Crippen LogP contribution < -0.4 is 0 Å². The highest BCUT2D eigenvalue weighted by Crippen LogP contribution is 2.54. The Morgan fingerprint density at radius 1 is 1.33 bits per heavy atom. The standard InChI is InChI=1S/C17H24FNO2/c1-19(2)10-15-12-4-3-11(7-12)9-17(15,21)14-8-13(20)5-6-16(14)18/h5-6,8,11-12,15,20-21H,3-4,7,9-10H2,1-2H3/t11-,12-,15+,17+/m1/s1. The number of aromatic hydroxyl groups is 1. The lowest BCUT2D eigenvalue weighted by Gasteiger charge is -2.45. The maximum Gasteiger partial charge on any atom is 0.129 e. The van der Waals surface area contributed by atoms with E-state index in [9.17, 15) is 14.6 Å². The molecule has 0 saturated heterocycles. The van der Waals surface area contributed by atoms with Crippen molar-refractivity contribution in [1.29, 1.82) is 0 Å². The summed E-state index contributed by atoms with van der Waals surface area (Å²) in [6, 6.07) is 4.00. The Bertz CT molecular complexity index is 534. The normalized spacial score (nSPS) is 35.4. The van der Waals surface area contributed by atoms with Crippen LogP contribution in [-0.2, 0) is 5.60 Å². The molecular weight excluding hydrogens is 269 g/mol. The van der Waals surface area contributed by atoms with Gasteiger partial charge in [0.25, 0.3) is 0 Å². The summed E-state index contributed by atoms with van der Waals surface area (Å²) in [6.07, 6.45) is 3.98. The van der Waals surface area contributed by atoms with Gasteiger partial charge in [-0.1, -0.05) is 6.42 Å². The maximum atomic E-state index is 14.3. The summed E-state index contributed by atoms with van der Waals surface area (Å²) in [5.74, 6) is 0.530. The van der Waals surface area contributed by atoms with Crippen LogP contribution in [0, 0.1) is 23.6 Å². The van der Waals surface area contributed by atoms with Gasteiger partial charge in [-0.25, -0.2) is 4.39 Å². The Balaban J connectivity index is 2.04. The molecule has 2 bridgehead atoms. The number of halogens is 1. The molecule has 3 nitrogen and oxygen atoms in total. The number of phenols is 1. The molecule has 0 spiro atoms. The van der Waals surface area contributed by atoms with Crippen LogP contribution in [0.25, 0.3) is 0 Å². The van der Waals surface area contributed by atoms with Crippen LogP contribution >= 0.6 is 0 Å². The fraction of sp³-hybridized carbons (Fsp3) is 0.647. The zero-order chi connectivity index (χ0) is 15.2. The third kappa shape index (κ3) is 2.55. The van der Waals surface area contributed by atoms with Crippen LogP contribution in [0.1, 0.15) is 31.2 Å². The van der Waals surface area contributed by atoms with Crippen molar-refractivity contribution in [2.24, 2.45) is 17.8 Å². The van der Waals surface area contributed by atoms with Gasteiger partial charge in [-0.3, -0.25) is 0 Å². The largest absolute Gasteiger partial charge is 0.508 e. The van der Waals surface area contributed by atoms with E-state index in [1.54, 1.807) is 0 Å². The Hall–Kier alpha value is -1.13. The van der Waals surface area contributed by atoms with Crippen molar-refractivity contribution in [3.8, 4) is 5.75 Å². The van der Waals surface area contributed by atoms with Crippen molar-refractivity contribution in [3.05, 3.63) is 29.6 Å². The first-order chi connectivity index (χ1) is 9.90. The molecule has 21 heavy (non-hydrogen) atoms. The number of benzene rings is 1. The minimum atomic E-state index is -1.17. The van der Waals surface area contributed by atoms with Gasteiger partial charge in [0.1, 0.15) is 11.6 Å². The average molecular weight is 293 g/mol. The van der Waals surface area contributed by atoms with Gasteiger partial charge in [0, 0.05) is 18.0 Å². The van der Waals surface area contributed by atoms with Gasteiger partial charge in [0.2, 0.25) is 0 Å². The van der Waals surface area contributed by atoms with E-state index in [-0.39, 0.29) is 17.2 Å². The number of hydrogen-bond donors (Lipinski definition) is 2. The molecule has 0 amide bonds. The third-order valence-corrected chi connectivity index (χ3v) is 5.34. The summed E-state index contributed by atoms with van der Waals surface area (Å²) in [5, 5.41) is 21.1. The van der Waals surface area contributed by atoms with Gasteiger partial charge in [-0.2, -0.15) is 0 Å². The fourth-order valence-corrected chi connectivity index (χ4v) is 4.49. The molecule has 0 heterocycles. The van der Waals surface area contributed by atoms with Gasteiger partial charge in [-0.15, -0.1) is 0 Å². The van der Waals surface area contributed by atoms with Crippen LogP contribution in [0.2, 0.25) is 0 Å². The molecule has 0 aliphatic heterocycles. The second-order valence-electron chi connectivity index (χ2n) is 7.10. The van der Waals surface area contributed by atoms with Crippen LogP contribution in [0.4, 0.5) is 4.39 Å². The van der Waals surface area contributed by atoms with E-state index in [0.29, 0.717) is 18.3 Å². The third-order valence-electron chi connectivity index (χ3n) is 5.34. The van der Waals surface area contributed by atoms with E-state index in [4.69, 9.17) is 0 Å². The lowest BCUT2D eigenvalue weighted by Crippen LogP contribution is -2.47. The monoisotopic (exact) mass is 293 g/mol. The summed E-state index contributed by atoms with van der Waals surface area (Å²) in [6.45, 7) is 0.739. The lowest BCUT2D eigenvalue weighted by molar-refractivity contribution is -0.0913. The van der Waals surface area contributed by atoms with Crippen LogP contribution in [-0.4, -0.2) is 35.8 Å². The number of phenolic OH excluding ortho intramolecular Hbond substituents is 1. The molecule has 1 aromatic rings. The predicted molar refractivity (Wildman–Crippen MR) is 79.5 cm³/mol. The molecule has 0 unspecified atom stereocenters. The molecule has 116 valence electrons. The lowest BCUT2D eigenvalue weighted by atomic mass is 9.65. The molecule has 0 aromatic heterocycles. The molecule has 0 radical (unpaired) electrons. The molecule has 1 aromatic carbocycles. The van der Waals surface area contributed by atoms with Crippen molar-refractivity contribution >= 4 is 0 Å². The minimum absolute atomic E-state index is 0.0151. The second kappa shape index (κ2) is 5.25. The number of rotatable bonds is 3. The van der Waals surface area contributed by atoms with Gasteiger partial charge in [0.15, 0.2) is 0 Å². The van der Waals surface area contributed by atoms with Gasteiger partial charge in [-0.05, 0) is 63.4 Å². The number of hydrogen-bond acceptors (Lipinski definition) is 3. The van der Waals surface area contributed by atoms with Crippen molar-refractivity contribution < 1.29 is 14.6 Å². The highest BCUT2D eigenvalue weighted by Gasteiger charge is 2.52. The van der Waals surface area contributed by atoms with Gasteiger partial charge >= 0.3 is 0 Å². The van der Waals surface area contributed by atoms with Crippen molar-refractivity contribution in [3.63, 3.8) is 0 Å². The summed E-state index contributed by atoms with van der Waals surface area (Å²) in [5.41, 5.74) is -0.900. The molecule has 2 N–H and O–H groups in total. The molecule has 2 aliphatic rings. The van der Waals surface area contributed by atoms with Crippen LogP contribution in [0.3, 0.4) is 0 Å². The topological polar surface area (TPSA) is 43.7 Å². The summed E-state index contributed by atoms with van der Waals surface area (Å²) >= 11 is 0. The van der Waals surface area contributed by atoms with Crippen LogP contribution in [0.15, 0.2) is 18.2 Å². The highest BCUT2D eigenvalue weighted by atomic mass is 19.1. The van der Waals surface area contributed by atoms with E-state index < -0.39 is 11.4 Å². The van der Waals surface area contributed by atoms with Gasteiger partial charge in [0.05, 0.1) is 5.60 Å². The van der Waals surface area contributed by atoms with E-state index in [1.165, 1.54) is 18.2 Å². The first-order valence-electron chi connectivity index (χ1n) is 7.76. The smallest absolute Gasteiger partial charge is 0.129 e. The number of fused-ring (bicyclic) bond motifs is 2. The molecule has 3 rings (SSSR count). The first kappa shape index (κ1) is 14.8.